The van der Waals surface area contributed by atoms with E-state index in [-0.39, 0.29) is 11.0 Å². The third-order valence-electron chi connectivity index (χ3n) is 2.40. The van der Waals surface area contributed by atoms with Crippen molar-refractivity contribution in [3.8, 4) is 0 Å². The molecule has 84 valence electrons. The van der Waals surface area contributed by atoms with Gasteiger partial charge in [0, 0.05) is 6.20 Å². The highest BCUT2D eigenvalue weighted by molar-refractivity contribution is 5.84. The number of fused-ring (bicyclic) bond motifs is 3. The molecule has 1 N–H and O–H groups in total. The summed E-state index contributed by atoms with van der Waals surface area (Å²) >= 11 is 0. The zero-order valence-electron chi connectivity index (χ0n) is 8.19. The number of aromatic amines is 1. The second kappa shape index (κ2) is 3.07. The molecular weight excluding hydrogens is 228 g/mol. The van der Waals surface area contributed by atoms with Gasteiger partial charge in [0.1, 0.15) is 0 Å². The van der Waals surface area contributed by atoms with Gasteiger partial charge in [-0.25, -0.2) is 4.52 Å². The van der Waals surface area contributed by atoms with E-state index >= 15 is 0 Å². The number of nitro groups is 1. The Kier molecular flexibility index (Phi) is 1.70. The molecule has 3 aromatic rings. The van der Waals surface area contributed by atoms with Gasteiger partial charge in [-0.05, 0) is 6.07 Å². The van der Waals surface area contributed by atoms with Crippen molar-refractivity contribution in [2.45, 2.75) is 0 Å². The lowest BCUT2D eigenvalue weighted by Gasteiger charge is -1.99. The lowest BCUT2D eigenvalue weighted by Crippen LogP contribution is -2.12. The monoisotopic (exact) mass is 232 g/mol. The van der Waals surface area contributed by atoms with Gasteiger partial charge >= 0.3 is 5.69 Å². The Hall–Kier alpha value is -2.84. The maximum Gasteiger partial charge on any atom is 0.363 e. The first-order valence-corrected chi connectivity index (χ1v) is 4.54. The molecule has 0 aromatic carbocycles. The topological polar surface area (TPSA) is 119 Å². The van der Waals surface area contributed by atoms with Gasteiger partial charge in [-0.15, -0.1) is 5.10 Å². The van der Waals surface area contributed by atoms with Crippen LogP contribution >= 0.6 is 0 Å². The minimum Gasteiger partial charge on any atom is -0.281 e. The fourth-order valence-corrected chi connectivity index (χ4v) is 1.68. The highest BCUT2D eigenvalue weighted by atomic mass is 16.6. The van der Waals surface area contributed by atoms with E-state index in [4.69, 9.17) is 0 Å². The van der Waals surface area contributed by atoms with Crippen LogP contribution in [-0.4, -0.2) is 29.9 Å². The maximum atomic E-state index is 11.9. The average molecular weight is 232 g/mol. The van der Waals surface area contributed by atoms with Crippen molar-refractivity contribution >= 4 is 22.2 Å². The molecule has 0 unspecified atom stereocenters. The predicted molar refractivity (Wildman–Crippen MR) is 55.6 cm³/mol. The Morgan fingerprint density at radius 2 is 2.29 bits per heavy atom. The maximum absolute atomic E-state index is 11.9. The molecule has 0 radical (unpaired) electrons. The quantitative estimate of drug-likeness (QED) is 0.461. The van der Waals surface area contributed by atoms with Crippen LogP contribution in [0.15, 0.2) is 23.3 Å². The number of nitrogens with zero attached hydrogens (tertiary/aromatic N) is 5. The van der Waals surface area contributed by atoms with Gasteiger partial charge in [-0.3, -0.25) is 19.9 Å². The van der Waals surface area contributed by atoms with E-state index in [1.54, 1.807) is 0 Å². The molecule has 0 amide bonds. The fourth-order valence-electron chi connectivity index (χ4n) is 1.68. The molecule has 3 aromatic heterocycles. The Morgan fingerprint density at radius 3 is 3.06 bits per heavy atom. The van der Waals surface area contributed by atoms with Crippen LogP contribution < -0.4 is 5.43 Å². The number of H-pyrrole nitrogens is 1. The highest BCUT2D eigenvalue weighted by Gasteiger charge is 2.23. The van der Waals surface area contributed by atoms with Crippen molar-refractivity contribution in [1.82, 2.24) is 25.0 Å². The number of aromatic nitrogens is 5. The van der Waals surface area contributed by atoms with Gasteiger partial charge in [0.05, 0.1) is 22.0 Å². The zero-order valence-corrected chi connectivity index (χ0v) is 8.19. The molecule has 3 rings (SSSR count). The molecule has 0 spiro atoms. The Morgan fingerprint density at radius 1 is 1.47 bits per heavy atom. The second-order valence-electron chi connectivity index (χ2n) is 3.29. The van der Waals surface area contributed by atoms with Crippen molar-refractivity contribution in [1.29, 1.82) is 0 Å². The predicted octanol–water partition coefficient (Wildman–Crippen LogP) is -0.126. The van der Waals surface area contributed by atoms with E-state index in [1.165, 1.54) is 23.0 Å². The third kappa shape index (κ3) is 1.13. The molecule has 0 saturated heterocycles. The molecule has 0 fully saturated rings. The van der Waals surface area contributed by atoms with E-state index in [9.17, 15) is 14.9 Å². The van der Waals surface area contributed by atoms with Crippen molar-refractivity contribution in [2.24, 2.45) is 0 Å². The van der Waals surface area contributed by atoms with Crippen LogP contribution in [0.1, 0.15) is 0 Å². The number of tetrazole rings is 1. The minimum atomic E-state index is -0.764. The van der Waals surface area contributed by atoms with E-state index in [0.717, 1.165) is 0 Å². The first kappa shape index (κ1) is 9.39. The lowest BCUT2D eigenvalue weighted by molar-refractivity contribution is -0.384. The lowest BCUT2D eigenvalue weighted by atomic mass is 10.2. The van der Waals surface area contributed by atoms with Gasteiger partial charge in [-0.2, -0.15) is 5.21 Å². The van der Waals surface area contributed by atoms with Crippen molar-refractivity contribution in [3.05, 3.63) is 38.8 Å². The van der Waals surface area contributed by atoms with E-state index in [2.05, 4.69) is 20.5 Å². The Bertz CT molecular complexity index is 804. The van der Waals surface area contributed by atoms with Crippen LogP contribution in [0.3, 0.4) is 0 Å². The van der Waals surface area contributed by atoms with Gasteiger partial charge in [-0.1, -0.05) is 5.21 Å². The first-order valence-electron chi connectivity index (χ1n) is 4.54. The number of nitrogens with one attached hydrogen (secondary N) is 1. The van der Waals surface area contributed by atoms with Crippen molar-refractivity contribution < 1.29 is 4.92 Å². The average Bonchev–Trinajstić information content (AvgIpc) is 2.78. The van der Waals surface area contributed by atoms with Crippen LogP contribution in [0.4, 0.5) is 5.69 Å². The Balaban J connectivity index is 2.71. The molecule has 9 heteroatoms. The molecule has 17 heavy (non-hydrogen) atoms. The summed E-state index contributed by atoms with van der Waals surface area (Å²) in [5, 5.41) is 20.5. The summed E-state index contributed by atoms with van der Waals surface area (Å²) < 4.78 is 1.25. The Labute approximate surface area is 91.8 Å². The molecule has 0 aliphatic rings. The normalized spacial score (nSPS) is 11.1. The molecule has 9 nitrogen and oxygen atoms in total. The van der Waals surface area contributed by atoms with E-state index in [1.807, 2.05) is 0 Å². The van der Waals surface area contributed by atoms with Crippen LogP contribution in [0.2, 0.25) is 0 Å². The van der Waals surface area contributed by atoms with Crippen molar-refractivity contribution in [2.75, 3.05) is 0 Å². The smallest absolute Gasteiger partial charge is 0.281 e. The van der Waals surface area contributed by atoms with Gasteiger partial charge in [0.2, 0.25) is 0 Å². The molecule has 0 bridgehead atoms. The number of rotatable bonds is 1. The second-order valence-corrected chi connectivity index (χ2v) is 3.29. The first-order chi connectivity index (χ1) is 8.20. The zero-order chi connectivity index (χ0) is 12.0. The summed E-state index contributed by atoms with van der Waals surface area (Å²) in [6.45, 7) is 0. The number of pyridine rings is 2. The summed E-state index contributed by atoms with van der Waals surface area (Å²) in [6, 6.07) is 1.41. The fraction of sp³-hybridized carbons (Fsp3) is 0. The molecule has 0 aliphatic carbocycles. The molecule has 0 aliphatic heterocycles. The van der Waals surface area contributed by atoms with E-state index in [0.29, 0.717) is 5.52 Å². The summed E-state index contributed by atoms with van der Waals surface area (Å²) in [5.74, 6) is 0. The standard InChI is InChI=1S/C8H4N6O3/c15-7-4-1-2-9-3-5(4)13-8(10-11-12-13)6(7)14(16)17/h1-3H,(H,10,12). The van der Waals surface area contributed by atoms with Crippen LogP contribution in [0, 0.1) is 10.1 Å². The summed E-state index contributed by atoms with van der Waals surface area (Å²) in [5.41, 5.74) is -1.03. The van der Waals surface area contributed by atoms with Gasteiger partial charge < -0.3 is 0 Å². The van der Waals surface area contributed by atoms with Crippen LogP contribution in [0.5, 0.6) is 0 Å². The van der Waals surface area contributed by atoms with Gasteiger partial charge in [0.15, 0.2) is 0 Å². The van der Waals surface area contributed by atoms with Crippen molar-refractivity contribution in [3.63, 3.8) is 0 Å². The van der Waals surface area contributed by atoms with Crippen LogP contribution in [0.25, 0.3) is 16.6 Å². The summed E-state index contributed by atoms with van der Waals surface area (Å²) in [4.78, 5) is 25.9. The summed E-state index contributed by atoms with van der Waals surface area (Å²) in [7, 11) is 0. The van der Waals surface area contributed by atoms with Gasteiger partial charge in [0.25, 0.3) is 11.1 Å². The summed E-state index contributed by atoms with van der Waals surface area (Å²) in [6.07, 6.45) is 2.80. The highest BCUT2D eigenvalue weighted by Crippen LogP contribution is 2.17. The SMILES string of the molecule is O=c1c([N+](=O)[O-])c2nn[nH]n2c2cnccc12. The largest absolute Gasteiger partial charge is 0.363 e. The van der Waals surface area contributed by atoms with E-state index < -0.39 is 16.0 Å². The molecule has 3 heterocycles. The van der Waals surface area contributed by atoms with Crippen LogP contribution in [-0.2, 0) is 0 Å². The molecule has 0 saturated carbocycles. The molecular formula is C8H4N6O3. The third-order valence-corrected chi connectivity index (χ3v) is 2.40. The number of hydrogen-bond acceptors (Lipinski definition) is 6. The number of hydrogen-bond donors (Lipinski definition) is 1. The minimum absolute atomic E-state index is 0.125. The molecule has 0 atom stereocenters.